The lowest BCUT2D eigenvalue weighted by molar-refractivity contribution is 1.22. The molecule has 17 heavy (non-hydrogen) atoms. The Hall–Kier alpha value is -1.41. The first kappa shape index (κ1) is 9.60. The molecule has 2 aromatic rings. The summed E-state index contributed by atoms with van der Waals surface area (Å²) in [4.78, 5) is 4.57. The maximum atomic E-state index is 7.73. The number of rotatable bonds is 2. The van der Waals surface area contributed by atoms with Crippen molar-refractivity contribution >= 4 is 13.3 Å². The molecule has 2 heteroatoms. The summed E-state index contributed by atoms with van der Waals surface area (Å²) in [7, 11) is -1.57. The second-order valence-electron chi connectivity index (χ2n) is 5.25. The Bertz CT molecular complexity index is 562. The molecule has 0 aliphatic rings. The Morgan fingerprint density at radius 1 is 1.00 bits per heavy atom. The number of aryl methyl sites for hydroxylation is 1. The highest BCUT2D eigenvalue weighted by Gasteiger charge is 2.19. The van der Waals surface area contributed by atoms with Gasteiger partial charge < -0.3 is 0 Å². The molecule has 0 aliphatic heterocycles. The van der Waals surface area contributed by atoms with Gasteiger partial charge in [-0.15, -0.1) is 0 Å². The topological polar surface area (TPSA) is 12.9 Å². The van der Waals surface area contributed by atoms with E-state index in [9.17, 15) is 0 Å². The average molecular weight is 243 g/mol. The van der Waals surface area contributed by atoms with E-state index in [-0.39, 0.29) is 0 Å². The lowest BCUT2D eigenvalue weighted by Crippen LogP contribution is -2.39. The monoisotopic (exact) mass is 243 g/mol. The number of aromatic nitrogens is 1. The molecule has 0 N–H and O–H groups in total. The van der Waals surface area contributed by atoms with Gasteiger partial charge in [0.2, 0.25) is 0 Å². The van der Waals surface area contributed by atoms with Crippen LogP contribution in [0.4, 0.5) is 0 Å². The van der Waals surface area contributed by atoms with Crippen molar-refractivity contribution in [2.45, 2.75) is 26.5 Å². The molecular weight excluding hydrogens is 222 g/mol. The molecule has 0 bridgehead atoms. The summed E-state index contributed by atoms with van der Waals surface area (Å²) in [5.74, 6) is 0. The molecule has 0 aliphatic carbocycles. The third kappa shape index (κ3) is 2.64. The number of pyridine rings is 1. The molecule has 0 spiro atoms. The van der Waals surface area contributed by atoms with Crippen LogP contribution in [0.1, 0.15) is 8.44 Å². The fourth-order valence-corrected chi connectivity index (χ4v) is 3.29. The first-order valence-corrected chi connectivity index (χ1v) is 9.31. The van der Waals surface area contributed by atoms with Crippen molar-refractivity contribution in [1.29, 1.82) is 0 Å². The average Bonchev–Trinajstić information content (AvgIpc) is 2.38. The van der Waals surface area contributed by atoms with Crippen LogP contribution < -0.4 is 5.19 Å². The molecule has 1 nitrogen and oxygen atoms in total. The zero-order valence-corrected chi connectivity index (χ0v) is 11.6. The lowest BCUT2D eigenvalue weighted by atomic mass is 10.1. The van der Waals surface area contributed by atoms with Gasteiger partial charge in [-0.2, -0.15) is 0 Å². The second-order valence-corrected chi connectivity index (χ2v) is 10.3. The van der Waals surface area contributed by atoms with E-state index >= 15 is 0 Å². The van der Waals surface area contributed by atoms with Gasteiger partial charge in [-0.05, 0) is 18.1 Å². The molecule has 0 saturated carbocycles. The minimum absolute atomic E-state index is 0.612. The van der Waals surface area contributed by atoms with Crippen molar-refractivity contribution in [1.82, 2.24) is 4.98 Å². The minimum atomic E-state index is -1.57. The highest BCUT2D eigenvalue weighted by Crippen LogP contribution is 2.17. The Labute approximate surface area is 107 Å². The van der Waals surface area contributed by atoms with Crippen molar-refractivity contribution in [3.05, 3.63) is 48.2 Å². The molecule has 0 fully saturated rings. The van der Waals surface area contributed by atoms with Crippen molar-refractivity contribution in [3.8, 4) is 11.3 Å². The third-order valence-electron chi connectivity index (χ3n) is 2.80. The summed E-state index contributed by atoms with van der Waals surface area (Å²) in [6.07, 6.45) is 0. The van der Waals surface area contributed by atoms with Crippen molar-refractivity contribution in [2.75, 3.05) is 0 Å². The van der Waals surface area contributed by atoms with Crippen LogP contribution in [0.2, 0.25) is 19.6 Å². The number of nitrogens with zero attached hydrogens (tertiary/aromatic N) is 1. The van der Waals surface area contributed by atoms with Crippen LogP contribution in [0, 0.1) is 6.88 Å². The normalized spacial score (nSPS) is 13.4. The van der Waals surface area contributed by atoms with Gasteiger partial charge in [0.05, 0.1) is 13.8 Å². The largest absolute Gasteiger partial charge is 0.253 e. The lowest BCUT2D eigenvalue weighted by Gasteiger charge is -2.19. The molecule has 0 atom stereocenters. The first-order valence-electron chi connectivity index (χ1n) is 6.96. The molecule has 2 rings (SSSR count). The van der Waals surface area contributed by atoms with E-state index in [2.05, 4.69) is 30.7 Å². The molecule has 1 heterocycles. The van der Waals surface area contributed by atoms with Crippen molar-refractivity contribution < 1.29 is 2.74 Å². The summed E-state index contributed by atoms with van der Waals surface area (Å²) < 4.78 is 15.5. The van der Waals surface area contributed by atoms with E-state index < -0.39 is 14.9 Å². The quantitative estimate of drug-likeness (QED) is 0.734. The van der Waals surface area contributed by atoms with E-state index in [0.717, 1.165) is 16.4 Å². The molecule has 0 amide bonds. The van der Waals surface area contributed by atoms with Crippen LogP contribution in [0.3, 0.4) is 0 Å². The standard InChI is InChI=1S/C15H19NSi/c1-12-15(17(2,3)4)11-10-14(16-12)13-8-6-5-7-9-13/h5-11H,1-4H3/i1D2. The van der Waals surface area contributed by atoms with Gasteiger partial charge in [-0.25, -0.2) is 0 Å². The fraction of sp³-hybridized carbons (Fsp3) is 0.267. The predicted octanol–water partition coefficient (Wildman–Crippen LogP) is 3.60. The summed E-state index contributed by atoms with van der Waals surface area (Å²) in [5, 5.41) is 1.11. The van der Waals surface area contributed by atoms with Crippen molar-refractivity contribution in [2.24, 2.45) is 0 Å². The minimum Gasteiger partial charge on any atom is -0.253 e. The van der Waals surface area contributed by atoms with Crippen LogP contribution in [-0.2, 0) is 0 Å². The van der Waals surface area contributed by atoms with E-state index in [1.807, 2.05) is 36.4 Å². The molecular formula is C15H19NSi. The van der Waals surface area contributed by atoms with Crippen LogP contribution >= 0.6 is 0 Å². The maximum Gasteiger partial charge on any atom is 0.0799 e. The van der Waals surface area contributed by atoms with Gasteiger partial charge in [0.15, 0.2) is 0 Å². The Balaban J connectivity index is 2.55. The van der Waals surface area contributed by atoms with Gasteiger partial charge in [0.25, 0.3) is 0 Å². The zero-order chi connectivity index (χ0) is 14.0. The third-order valence-corrected chi connectivity index (χ3v) is 4.84. The molecule has 0 radical (unpaired) electrons. The Morgan fingerprint density at radius 2 is 1.71 bits per heavy atom. The van der Waals surface area contributed by atoms with Crippen LogP contribution in [-0.4, -0.2) is 13.1 Å². The number of hydrogen-bond donors (Lipinski definition) is 0. The SMILES string of the molecule is [2H]C([2H])c1nc(-c2ccccc2)ccc1[Si](C)(C)C. The second kappa shape index (κ2) is 4.45. The maximum absolute atomic E-state index is 7.73. The van der Waals surface area contributed by atoms with Crippen LogP contribution in [0.15, 0.2) is 42.5 Å². The van der Waals surface area contributed by atoms with Gasteiger partial charge in [0.1, 0.15) is 0 Å². The summed E-state index contributed by atoms with van der Waals surface area (Å²) in [5.41, 5.74) is 2.49. The highest BCUT2D eigenvalue weighted by atomic mass is 28.3. The number of benzene rings is 1. The summed E-state index contributed by atoms with van der Waals surface area (Å²) in [6.45, 7) is 5.64. The molecule has 1 aromatic heterocycles. The zero-order valence-electron chi connectivity index (χ0n) is 12.6. The summed E-state index contributed by atoms with van der Waals surface area (Å²) in [6, 6.07) is 14.0. The van der Waals surface area contributed by atoms with Crippen LogP contribution in [0.5, 0.6) is 0 Å². The first-order chi connectivity index (χ1) is 8.89. The Kier molecular flexibility index (Phi) is 2.52. The van der Waals surface area contributed by atoms with Crippen molar-refractivity contribution in [3.63, 3.8) is 0 Å². The molecule has 1 aromatic carbocycles. The predicted molar refractivity (Wildman–Crippen MR) is 77.4 cm³/mol. The smallest absolute Gasteiger partial charge is 0.0799 e. The van der Waals surface area contributed by atoms with Gasteiger partial charge in [-0.1, -0.05) is 56.0 Å². The highest BCUT2D eigenvalue weighted by molar-refractivity contribution is 6.89. The van der Waals surface area contributed by atoms with Gasteiger partial charge >= 0.3 is 0 Å². The molecule has 0 saturated heterocycles. The van der Waals surface area contributed by atoms with Gasteiger partial charge in [-0.3, -0.25) is 4.98 Å². The fourth-order valence-electron chi connectivity index (χ4n) is 1.88. The van der Waals surface area contributed by atoms with E-state index in [1.54, 1.807) is 0 Å². The summed E-state index contributed by atoms with van der Waals surface area (Å²) >= 11 is 0. The Morgan fingerprint density at radius 3 is 2.29 bits per heavy atom. The molecule has 0 unspecified atom stereocenters. The van der Waals surface area contributed by atoms with E-state index in [4.69, 9.17) is 2.74 Å². The van der Waals surface area contributed by atoms with Gasteiger partial charge in [0, 0.05) is 14.0 Å². The van der Waals surface area contributed by atoms with Crippen LogP contribution in [0.25, 0.3) is 11.3 Å². The number of hydrogen-bond acceptors (Lipinski definition) is 1. The molecule has 88 valence electrons. The van der Waals surface area contributed by atoms with E-state index in [1.165, 1.54) is 0 Å². The van der Waals surface area contributed by atoms with E-state index in [0.29, 0.717) is 5.69 Å².